The van der Waals surface area contributed by atoms with E-state index in [-0.39, 0.29) is 0 Å². The van der Waals surface area contributed by atoms with Crippen molar-refractivity contribution >= 4 is 24.9 Å². The summed E-state index contributed by atoms with van der Waals surface area (Å²) in [4.78, 5) is 0. The molecule has 0 N–H and O–H groups in total. The molecule has 0 spiro atoms. The van der Waals surface area contributed by atoms with Crippen LogP contribution in [0.5, 0.6) is 0 Å². The number of benzene rings is 5. The lowest BCUT2D eigenvalue weighted by atomic mass is 10.1. The van der Waals surface area contributed by atoms with E-state index in [1.54, 1.807) is 0 Å². The molecule has 0 saturated heterocycles. The van der Waals surface area contributed by atoms with Crippen molar-refractivity contribution < 1.29 is 0 Å². The van der Waals surface area contributed by atoms with Crippen LogP contribution in [0.2, 0.25) is 0 Å². The van der Waals surface area contributed by atoms with Gasteiger partial charge in [-0.25, -0.2) is 0 Å². The zero-order chi connectivity index (χ0) is 23.5. The molecule has 3 heteroatoms. The van der Waals surface area contributed by atoms with Gasteiger partial charge < -0.3 is 9.34 Å². The lowest BCUT2D eigenvalue weighted by Gasteiger charge is -2.32. The fraction of sp³-hybridized carbons (Fsp3) is 0. The van der Waals surface area contributed by atoms with Crippen molar-refractivity contribution in [3.8, 4) is 22.3 Å². The maximum absolute atomic E-state index is 2.42. The van der Waals surface area contributed by atoms with Crippen LogP contribution < -0.4 is 14.6 Å². The lowest BCUT2D eigenvalue weighted by Crippen LogP contribution is -2.22. The quantitative estimate of drug-likeness (QED) is 0.239. The molecule has 35 heavy (non-hydrogen) atoms. The SMILES string of the molecule is C1=CN(c2cccc(-c3ccccc3)c2)P(c2ccccc2)N1c1cccc(-c2ccccc2)c1. The van der Waals surface area contributed by atoms with Crippen LogP contribution in [0.1, 0.15) is 0 Å². The van der Waals surface area contributed by atoms with Gasteiger partial charge in [0.05, 0.1) is 0 Å². The summed E-state index contributed by atoms with van der Waals surface area (Å²) < 4.78 is 4.85. The summed E-state index contributed by atoms with van der Waals surface area (Å²) in [5.41, 5.74) is 7.30. The van der Waals surface area contributed by atoms with Gasteiger partial charge in [0.25, 0.3) is 0 Å². The second kappa shape index (κ2) is 9.62. The summed E-state index contributed by atoms with van der Waals surface area (Å²) in [6, 6.07) is 49.7. The lowest BCUT2D eigenvalue weighted by molar-refractivity contribution is 1.44. The Balaban J connectivity index is 1.40. The Bertz CT molecular complexity index is 1360. The molecule has 0 saturated carbocycles. The molecule has 5 aromatic rings. The average Bonchev–Trinajstić information content (AvgIpc) is 3.40. The Morgan fingerprint density at radius 2 is 0.771 bits per heavy atom. The molecule has 168 valence electrons. The van der Waals surface area contributed by atoms with Crippen molar-refractivity contribution in [2.75, 3.05) is 9.34 Å². The third kappa shape index (κ3) is 4.37. The largest absolute Gasteiger partial charge is 0.304 e. The van der Waals surface area contributed by atoms with Gasteiger partial charge in [-0.15, -0.1) is 0 Å². The van der Waals surface area contributed by atoms with Crippen LogP contribution in [0.15, 0.2) is 152 Å². The number of hydrogen-bond donors (Lipinski definition) is 0. The predicted octanol–water partition coefficient (Wildman–Crippen LogP) is 8.46. The van der Waals surface area contributed by atoms with E-state index in [2.05, 4.69) is 161 Å². The van der Waals surface area contributed by atoms with E-state index in [4.69, 9.17) is 0 Å². The topological polar surface area (TPSA) is 6.48 Å². The highest BCUT2D eigenvalue weighted by Gasteiger charge is 2.31. The summed E-state index contributed by atoms with van der Waals surface area (Å²) in [7, 11) is -0.827. The second-order valence-electron chi connectivity index (χ2n) is 8.44. The summed E-state index contributed by atoms with van der Waals surface area (Å²) >= 11 is 0. The summed E-state index contributed by atoms with van der Waals surface area (Å²) in [6.45, 7) is 0. The summed E-state index contributed by atoms with van der Waals surface area (Å²) in [5.74, 6) is 0. The Hall–Kier alpha value is -4.13. The van der Waals surface area contributed by atoms with Gasteiger partial charge in [0.1, 0.15) is 8.22 Å². The number of rotatable bonds is 5. The molecule has 1 aliphatic rings. The van der Waals surface area contributed by atoms with Crippen LogP contribution in [0.25, 0.3) is 22.3 Å². The van der Waals surface area contributed by atoms with Crippen LogP contribution in [0, 0.1) is 0 Å². The molecule has 5 aromatic carbocycles. The van der Waals surface area contributed by atoms with E-state index in [0.717, 1.165) is 0 Å². The minimum Gasteiger partial charge on any atom is -0.304 e. The molecular formula is C32H25N2P. The molecule has 0 unspecified atom stereocenters. The van der Waals surface area contributed by atoms with Crippen molar-refractivity contribution in [2.45, 2.75) is 0 Å². The van der Waals surface area contributed by atoms with E-state index in [1.165, 1.54) is 38.9 Å². The molecule has 2 nitrogen and oxygen atoms in total. The summed E-state index contributed by atoms with van der Waals surface area (Å²) in [6.07, 6.45) is 4.44. The van der Waals surface area contributed by atoms with Gasteiger partial charge >= 0.3 is 0 Å². The van der Waals surface area contributed by atoms with Crippen LogP contribution >= 0.6 is 8.22 Å². The average molecular weight is 469 g/mol. The highest BCUT2D eigenvalue weighted by atomic mass is 31.1. The van der Waals surface area contributed by atoms with Gasteiger partial charge in [-0.1, -0.05) is 115 Å². The second-order valence-corrected chi connectivity index (χ2v) is 10.4. The van der Waals surface area contributed by atoms with Gasteiger partial charge in [0, 0.05) is 29.1 Å². The van der Waals surface area contributed by atoms with Crippen molar-refractivity contribution in [1.29, 1.82) is 0 Å². The molecule has 0 fully saturated rings. The molecular weight excluding hydrogens is 443 g/mol. The normalized spacial score (nSPS) is 13.4. The van der Waals surface area contributed by atoms with Gasteiger partial charge in [-0.2, -0.15) is 0 Å². The van der Waals surface area contributed by atoms with E-state index in [1.807, 2.05) is 0 Å². The predicted molar refractivity (Wildman–Crippen MR) is 151 cm³/mol. The molecule has 0 bridgehead atoms. The molecule has 0 aromatic heterocycles. The Morgan fingerprint density at radius 1 is 0.371 bits per heavy atom. The van der Waals surface area contributed by atoms with Crippen molar-refractivity contribution in [3.63, 3.8) is 0 Å². The van der Waals surface area contributed by atoms with Crippen LogP contribution in [-0.2, 0) is 0 Å². The first-order valence-corrected chi connectivity index (χ1v) is 13.0. The molecule has 1 aliphatic heterocycles. The van der Waals surface area contributed by atoms with Crippen molar-refractivity contribution in [3.05, 3.63) is 152 Å². The van der Waals surface area contributed by atoms with Crippen molar-refractivity contribution in [2.24, 2.45) is 0 Å². The molecule has 0 atom stereocenters. The summed E-state index contributed by atoms with van der Waals surface area (Å²) in [5, 5.41) is 1.31. The third-order valence-electron chi connectivity index (χ3n) is 6.18. The van der Waals surface area contributed by atoms with Gasteiger partial charge in [0.2, 0.25) is 0 Å². The number of hydrogen-bond acceptors (Lipinski definition) is 2. The van der Waals surface area contributed by atoms with Gasteiger partial charge in [-0.3, -0.25) is 0 Å². The Morgan fingerprint density at radius 3 is 1.23 bits per heavy atom. The third-order valence-corrected chi connectivity index (χ3v) is 8.48. The van der Waals surface area contributed by atoms with E-state index >= 15 is 0 Å². The standard InChI is InChI=1S/C32H25N2P/c1-4-12-26(13-5-1)28-16-10-18-30(24-28)33-22-23-34(35(33)32-20-8-3-9-21-32)31-19-11-17-29(25-31)27-14-6-2-7-15-27/h1-25H. The first kappa shape index (κ1) is 21.4. The highest BCUT2D eigenvalue weighted by molar-refractivity contribution is 7.69. The smallest absolute Gasteiger partial charge is 0.137 e. The molecule has 1 heterocycles. The fourth-order valence-corrected chi connectivity index (χ4v) is 6.68. The molecule has 0 radical (unpaired) electrons. The van der Waals surface area contributed by atoms with Crippen LogP contribution in [0.3, 0.4) is 0 Å². The van der Waals surface area contributed by atoms with Gasteiger partial charge in [0.15, 0.2) is 0 Å². The zero-order valence-corrected chi connectivity index (χ0v) is 20.2. The molecule has 0 amide bonds. The van der Waals surface area contributed by atoms with E-state index in [9.17, 15) is 0 Å². The minimum absolute atomic E-state index is 0.827. The Labute approximate surface area is 208 Å². The Kier molecular flexibility index (Phi) is 5.88. The van der Waals surface area contributed by atoms with E-state index < -0.39 is 8.22 Å². The first-order valence-electron chi connectivity index (χ1n) is 11.8. The zero-order valence-electron chi connectivity index (χ0n) is 19.3. The first-order chi connectivity index (χ1) is 17.4. The fourth-order valence-electron chi connectivity index (χ4n) is 4.47. The van der Waals surface area contributed by atoms with Crippen LogP contribution in [-0.4, -0.2) is 0 Å². The maximum Gasteiger partial charge on any atom is 0.137 e. The maximum atomic E-state index is 2.42. The van der Waals surface area contributed by atoms with Crippen molar-refractivity contribution in [1.82, 2.24) is 0 Å². The minimum atomic E-state index is -0.827. The number of nitrogens with zero attached hydrogens (tertiary/aromatic N) is 2. The molecule has 0 aliphatic carbocycles. The number of anilines is 2. The highest BCUT2D eigenvalue weighted by Crippen LogP contribution is 2.53. The monoisotopic (exact) mass is 468 g/mol. The van der Waals surface area contributed by atoms with Crippen LogP contribution in [0.4, 0.5) is 11.4 Å². The van der Waals surface area contributed by atoms with E-state index in [0.29, 0.717) is 0 Å². The molecule has 6 rings (SSSR count). The van der Waals surface area contributed by atoms with Gasteiger partial charge in [-0.05, 0) is 46.5 Å².